The van der Waals surface area contributed by atoms with Crippen molar-refractivity contribution in [1.82, 2.24) is 9.55 Å². The summed E-state index contributed by atoms with van der Waals surface area (Å²) >= 11 is 0. The zero-order valence-corrected chi connectivity index (χ0v) is 9.72. The van der Waals surface area contributed by atoms with E-state index < -0.39 is 5.97 Å². The third kappa shape index (κ3) is 1.51. The van der Waals surface area contributed by atoms with Crippen molar-refractivity contribution >= 4 is 22.8 Å². The molecular formula is C13H12N2O3. The van der Waals surface area contributed by atoms with Gasteiger partial charge in [0.15, 0.2) is 5.78 Å². The summed E-state index contributed by atoms with van der Waals surface area (Å²) in [5, 5.41) is 9.77. The van der Waals surface area contributed by atoms with Crippen molar-refractivity contribution in [3.63, 3.8) is 0 Å². The van der Waals surface area contributed by atoms with Crippen LogP contribution < -0.4 is 0 Å². The van der Waals surface area contributed by atoms with Crippen LogP contribution in [0.4, 0.5) is 0 Å². The van der Waals surface area contributed by atoms with Crippen molar-refractivity contribution in [3.05, 3.63) is 29.6 Å². The second-order valence-corrected chi connectivity index (χ2v) is 4.45. The van der Waals surface area contributed by atoms with Crippen LogP contribution in [-0.4, -0.2) is 26.4 Å². The minimum Gasteiger partial charge on any atom is -0.481 e. The molecule has 0 saturated carbocycles. The summed E-state index contributed by atoms with van der Waals surface area (Å²) in [5.41, 5.74) is 1.87. The fourth-order valence-corrected chi connectivity index (χ4v) is 2.63. The Balaban J connectivity index is 2.34. The maximum atomic E-state index is 12.0. The van der Waals surface area contributed by atoms with E-state index >= 15 is 0 Å². The van der Waals surface area contributed by atoms with Crippen molar-refractivity contribution in [2.45, 2.75) is 25.8 Å². The van der Waals surface area contributed by atoms with Crippen LogP contribution in [-0.2, 0) is 17.8 Å². The van der Waals surface area contributed by atoms with Crippen LogP contribution in [0.2, 0.25) is 0 Å². The van der Waals surface area contributed by atoms with Gasteiger partial charge in [0, 0.05) is 30.1 Å². The quantitative estimate of drug-likeness (QED) is 0.871. The molecule has 3 rings (SSSR count). The molecule has 0 aliphatic carbocycles. The molecule has 18 heavy (non-hydrogen) atoms. The highest BCUT2D eigenvalue weighted by Crippen LogP contribution is 2.29. The molecule has 1 N–H and O–H groups in total. The fraction of sp³-hybridized carbons (Fsp3) is 0.308. The van der Waals surface area contributed by atoms with Gasteiger partial charge in [0.05, 0.1) is 12.1 Å². The Morgan fingerprint density at radius 3 is 3.11 bits per heavy atom. The summed E-state index contributed by atoms with van der Waals surface area (Å²) in [4.78, 5) is 27.3. The SMILES string of the molecule is O=C(O)Cc1c2n(c3ncccc13)CCCC2=O. The monoisotopic (exact) mass is 244 g/mol. The molecule has 0 saturated heterocycles. The molecule has 5 heteroatoms. The first kappa shape index (κ1) is 11.0. The average molecular weight is 244 g/mol. The second-order valence-electron chi connectivity index (χ2n) is 4.45. The number of aliphatic carboxylic acids is 1. The van der Waals surface area contributed by atoms with Gasteiger partial charge in [-0.3, -0.25) is 9.59 Å². The Hall–Kier alpha value is -2.17. The van der Waals surface area contributed by atoms with Crippen molar-refractivity contribution in [3.8, 4) is 0 Å². The second kappa shape index (κ2) is 3.94. The number of hydrogen-bond donors (Lipinski definition) is 1. The normalized spacial score (nSPS) is 14.8. The number of nitrogens with zero attached hydrogens (tertiary/aromatic N) is 2. The molecule has 2 aromatic rings. The van der Waals surface area contributed by atoms with Crippen LogP contribution in [0.15, 0.2) is 18.3 Å². The number of carboxylic acids is 1. The summed E-state index contributed by atoms with van der Waals surface area (Å²) in [6.45, 7) is 0.730. The first-order valence-electron chi connectivity index (χ1n) is 5.89. The molecule has 0 spiro atoms. The lowest BCUT2D eigenvalue weighted by Crippen LogP contribution is -2.18. The van der Waals surface area contributed by atoms with Gasteiger partial charge < -0.3 is 9.67 Å². The van der Waals surface area contributed by atoms with E-state index in [9.17, 15) is 9.59 Å². The molecule has 1 aliphatic rings. The first-order chi connectivity index (χ1) is 8.68. The van der Waals surface area contributed by atoms with Gasteiger partial charge in [-0.1, -0.05) is 0 Å². The molecule has 0 amide bonds. The molecule has 3 heterocycles. The van der Waals surface area contributed by atoms with Crippen LogP contribution in [0.1, 0.15) is 28.9 Å². The summed E-state index contributed by atoms with van der Waals surface area (Å²) in [6.07, 6.45) is 2.82. The van der Waals surface area contributed by atoms with Crippen molar-refractivity contribution in [2.75, 3.05) is 0 Å². The number of ketones is 1. The zero-order chi connectivity index (χ0) is 12.7. The number of hydrogen-bond acceptors (Lipinski definition) is 3. The zero-order valence-electron chi connectivity index (χ0n) is 9.72. The largest absolute Gasteiger partial charge is 0.481 e. The van der Waals surface area contributed by atoms with Gasteiger partial charge in [0.1, 0.15) is 5.65 Å². The topological polar surface area (TPSA) is 72.2 Å². The smallest absolute Gasteiger partial charge is 0.307 e. The van der Waals surface area contributed by atoms with Crippen LogP contribution in [0.5, 0.6) is 0 Å². The number of carbonyl (C=O) groups excluding carboxylic acids is 1. The van der Waals surface area contributed by atoms with E-state index in [1.807, 2.05) is 10.6 Å². The summed E-state index contributed by atoms with van der Waals surface area (Å²) < 4.78 is 1.86. The Bertz CT molecular complexity index is 658. The molecule has 0 aromatic carbocycles. The van der Waals surface area contributed by atoms with E-state index in [2.05, 4.69) is 4.98 Å². The summed E-state index contributed by atoms with van der Waals surface area (Å²) in [5.74, 6) is -0.900. The highest BCUT2D eigenvalue weighted by atomic mass is 16.4. The van der Waals surface area contributed by atoms with E-state index in [0.29, 0.717) is 17.7 Å². The van der Waals surface area contributed by atoms with E-state index in [4.69, 9.17) is 5.11 Å². The number of rotatable bonds is 2. The number of carboxylic acid groups (broad SMARTS) is 1. The predicted octanol–water partition coefficient (Wildman–Crippen LogP) is 1.64. The Morgan fingerprint density at radius 2 is 2.33 bits per heavy atom. The Morgan fingerprint density at radius 1 is 1.50 bits per heavy atom. The maximum absolute atomic E-state index is 12.0. The first-order valence-corrected chi connectivity index (χ1v) is 5.89. The standard InChI is InChI=1S/C13H12N2O3/c16-10-4-2-6-15-12(10)9(7-11(17)18)8-3-1-5-14-13(8)15/h1,3,5H,2,4,6-7H2,(H,17,18). The molecule has 0 atom stereocenters. The third-order valence-corrected chi connectivity index (χ3v) is 3.30. The van der Waals surface area contributed by atoms with Crippen LogP contribution in [0.25, 0.3) is 11.0 Å². The minimum atomic E-state index is -0.924. The number of pyridine rings is 1. The molecule has 0 bridgehead atoms. The molecular weight excluding hydrogens is 232 g/mol. The lowest BCUT2D eigenvalue weighted by molar-refractivity contribution is -0.136. The van der Waals surface area contributed by atoms with Crippen LogP contribution >= 0.6 is 0 Å². The fourth-order valence-electron chi connectivity index (χ4n) is 2.63. The lowest BCUT2D eigenvalue weighted by atomic mass is 10.0. The molecule has 92 valence electrons. The third-order valence-electron chi connectivity index (χ3n) is 3.30. The number of Topliss-reactive ketones (excluding diaryl/α,β-unsaturated/α-hetero) is 1. The molecule has 5 nitrogen and oxygen atoms in total. The van der Waals surface area contributed by atoms with Crippen LogP contribution in [0.3, 0.4) is 0 Å². The van der Waals surface area contributed by atoms with Gasteiger partial charge in [-0.2, -0.15) is 0 Å². The Labute approximate surface area is 103 Å². The van der Waals surface area contributed by atoms with Crippen molar-refractivity contribution in [1.29, 1.82) is 0 Å². The number of fused-ring (bicyclic) bond motifs is 3. The van der Waals surface area contributed by atoms with E-state index in [-0.39, 0.29) is 12.2 Å². The average Bonchev–Trinajstić information content (AvgIpc) is 2.66. The van der Waals surface area contributed by atoms with Crippen molar-refractivity contribution < 1.29 is 14.7 Å². The minimum absolute atomic E-state index is 0.0236. The molecule has 0 fully saturated rings. The summed E-state index contributed by atoms with van der Waals surface area (Å²) in [7, 11) is 0. The lowest BCUT2D eigenvalue weighted by Gasteiger charge is -2.15. The van der Waals surface area contributed by atoms with E-state index in [1.165, 1.54) is 0 Å². The van der Waals surface area contributed by atoms with Gasteiger partial charge in [-0.05, 0) is 18.6 Å². The predicted molar refractivity (Wildman–Crippen MR) is 64.6 cm³/mol. The van der Waals surface area contributed by atoms with E-state index in [0.717, 1.165) is 24.0 Å². The number of carbonyl (C=O) groups is 2. The number of aromatic nitrogens is 2. The molecule has 1 aliphatic heterocycles. The maximum Gasteiger partial charge on any atom is 0.307 e. The van der Waals surface area contributed by atoms with Gasteiger partial charge in [-0.15, -0.1) is 0 Å². The highest BCUT2D eigenvalue weighted by Gasteiger charge is 2.26. The van der Waals surface area contributed by atoms with Crippen LogP contribution in [0, 0.1) is 0 Å². The molecule has 0 unspecified atom stereocenters. The van der Waals surface area contributed by atoms with E-state index in [1.54, 1.807) is 12.3 Å². The van der Waals surface area contributed by atoms with Gasteiger partial charge in [-0.25, -0.2) is 4.98 Å². The molecule has 2 aromatic heterocycles. The summed E-state index contributed by atoms with van der Waals surface area (Å²) in [6, 6.07) is 3.60. The van der Waals surface area contributed by atoms with Gasteiger partial charge in [0.25, 0.3) is 0 Å². The Kier molecular flexibility index (Phi) is 2.40. The molecule has 0 radical (unpaired) electrons. The number of aryl methyl sites for hydroxylation is 1. The van der Waals surface area contributed by atoms with Gasteiger partial charge >= 0.3 is 5.97 Å². The van der Waals surface area contributed by atoms with Crippen molar-refractivity contribution in [2.24, 2.45) is 0 Å². The van der Waals surface area contributed by atoms with Gasteiger partial charge in [0.2, 0.25) is 0 Å². The highest BCUT2D eigenvalue weighted by molar-refractivity contribution is 6.04.